The predicted molar refractivity (Wildman–Crippen MR) is 115 cm³/mol. The SMILES string of the molecule is CCOC(=O)Cn1c(=NC(=O)c2ccc(OCC)cc2)sc2cccc(OCC)c21. The maximum absolute atomic E-state index is 12.8. The van der Waals surface area contributed by atoms with Crippen LogP contribution in [0.3, 0.4) is 0 Å². The van der Waals surface area contributed by atoms with Crippen LogP contribution in [0.25, 0.3) is 10.2 Å². The smallest absolute Gasteiger partial charge is 0.326 e. The predicted octanol–water partition coefficient (Wildman–Crippen LogP) is 3.80. The fraction of sp³-hybridized carbons (Fsp3) is 0.318. The molecule has 158 valence electrons. The summed E-state index contributed by atoms with van der Waals surface area (Å²) in [5, 5.41) is 0. The second-order valence-corrected chi connectivity index (χ2v) is 7.20. The van der Waals surface area contributed by atoms with Crippen molar-refractivity contribution in [3.05, 3.63) is 52.8 Å². The van der Waals surface area contributed by atoms with Crippen LogP contribution in [0.2, 0.25) is 0 Å². The summed E-state index contributed by atoms with van der Waals surface area (Å²) in [6.07, 6.45) is 0. The van der Waals surface area contributed by atoms with Gasteiger partial charge in [-0.1, -0.05) is 17.4 Å². The van der Waals surface area contributed by atoms with Gasteiger partial charge in [-0.3, -0.25) is 9.59 Å². The molecule has 1 amide bonds. The number of para-hydroxylation sites is 1. The Morgan fingerprint density at radius 1 is 0.967 bits per heavy atom. The molecular weight excluding hydrogens is 404 g/mol. The Hall–Kier alpha value is -3.13. The molecule has 0 fully saturated rings. The summed E-state index contributed by atoms with van der Waals surface area (Å²) in [7, 11) is 0. The van der Waals surface area contributed by atoms with Crippen LogP contribution in [-0.2, 0) is 16.1 Å². The summed E-state index contributed by atoms with van der Waals surface area (Å²) >= 11 is 1.32. The second kappa shape index (κ2) is 10.1. The fourth-order valence-corrected chi connectivity index (χ4v) is 3.99. The van der Waals surface area contributed by atoms with Gasteiger partial charge in [0.2, 0.25) is 0 Å². The van der Waals surface area contributed by atoms with Gasteiger partial charge in [-0.25, -0.2) is 0 Å². The molecule has 0 saturated heterocycles. The minimum Gasteiger partial charge on any atom is -0.494 e. The van der Waals surface area contributed by atoms with E-state index in [0.717, 1.165) is 10.2 Å². The number of aromatic nitrogens is 1. The third-order valence-electron chi connectivity index (χ3n) is 4.17. The highest BCUT2D eigenvalue weighted by atomic mass is 32.1. The Morgan fingerprint density at radius 3 is 2.37 bits per heavy atom. The van der Waals surface area contributed by atoms with Crippen LogP contribution in [0.4, 0.5) is 0 Å². The number of amides is 1. The second-order valence-electron chi connectivity index (χ2n) is 6.19. The third kappa shape index (κ3) is 4.88. The highest BCUT2D eigenvalue weighted by Crippen LogP contribution is 2.27. The van der Waals surface area contributed by atoms with Gasteiger partial charge in [-0.05, 0) is 57.2 Å². The number of hydrogen-bond donors (Lipinski definition) is 0. The van der Waals surface area contributed by atoms with E-state index in [-0.39, 0.29) is 13.2 Å². The van der Waals surface area contributed by atoms with E-state index in [1.165, 1.54) is 11.3 Å². The molecule has 0 aliphatic rings. The van der Waals surface area contributed by atoms with E-state index in [4.69, 9.17) is 14.2 Å². The molecule has 0 radical (unpaired) electrons. The van der Waals surface area contributed by atoms with E-state index in [1.54, 1.807) is 35.8 Å². The van der Waals surface area contributed by atoms with Crippen molar-refractivity contribution < 1.29 is 23.8 Å². The molecule has 2 aromatic carbocycles. The first-order valence-corrected chi connectivity index (χ1v) is 10.6. The number of benzene rings is 2. The number of nitrogens with zero attached hydrogens (tertiary/aromatic N) is 2. The van der Waals surface area contributed by atoms with Crippen molar-refractivity contribution >= 4 is 33.4 Å². The molecule has 0 saturated carbocycles. The Labute approximate surface area is 178 Å². The first-order chi connectivity index (χ1) is 14.6. The van der Waals surface area contributed by atoms with Crippen molar-refractivity contribution in [3.8, 4) is 11.5 Å². The molecule has 0 spiro atoms. The van der Waals surface area contributed by atoms with Crippen molar-refractivity contribution in [2.45, 2.75) is 27.3 Å². The highest BCUT2D eigenvalue weighted by molar-refractivity contribution is 7.16. The number of esters is 1. The van der Waals surface area contributed by atoms with E-state index >= 15 is 0 Å². The summed E-state index contributed by atoms with van der Waals surface area (Å²) in [4.78, 5) is 29.7. The molecule has 3 rings (SSSR count). The first kappa shape index (κ1) is 21.6. The summed E-state index contributed by atoms with van der Waals surface area (Å²) in [6, 6.07) is 12.4. The molecule has 0 unspecified atom stereocenters. The van der Waals surface area contributed by atoms with Crippen molar-refractivity contribution in [2.75, 3.05) is 19.8 Å². The van der Waals surface area contributed by atoms with E-state index in [2.05, 4.69) is 4.99 Å². The molecule has 0 bridgehead atoms. The number of carbonyl (C=O) groups excluding carboxylic acids is 2. The largest absolute Gasteiger partial charge is 0.494 e. The molecule has 7 nitrogen and oxygen atoms in total. The molecule has 0 aliphatic heterocycles. The fourth-order valence-electron chi connectivity index (χ4n) is 2.95. The van der Waals surface area contributed by atoms with E-state index < -0.39 is 11.9 Å². The maximum Gasteiger partial charge on any atom is 0.326 e. The van der Waals surface area contributed by atoms with Gasteiger partial charge in [-0.2, -0.15) is 4.99 Å². The minimum atomic E-state index is -0.404. The zero-order valence-electron chi connectivity index (χ0n) is 17.2. The van der Waals surface area contributed by atoms with Crippen LogP contribution in [0.5, 0.6) is 11.5 Å². The first-order valence-electron chi connectivity index (χ1n) is 9.80. The van der Waals surface area contributed by atoms with Gasteiger partial charge in [0.1, 0.15) is 23.6 Å². The van der Waals surface area contributed by atoms with Crippen molar-refractivity contribution in [3.63, 3.8) is 0 Å². The molecule has 0 aliphatic carbocycles. The summed E-state index contributed by atoms with van der Waals surface area (Å²) in [5.41, 5.74) is 1.15. The summed E-state index contributed by atoms with van der Waals surface area (Å²) in [6.45, 7) is 6.78. The van der Waals surface area contributed by atoms with E-state index in [1.807, 2.05) is 32.0 Å². The molecule has 30 heavy (non-hydrogen) atoms. The number of carbonyl (C=O) groups is 2. The molecule has 1 heterocycles. The van der Waals surface area contributed by atoms with Gasteiger partial charge in [0, 0.05) is 5.56 Å². The standard InChI is InChI=1S/C22H24N2O5S/c1-4-27-16-12-10-15(11-13-16)21(26)23-22-24(14-19(25)29-6-3)20-17(28-5-2)8-7-9-18(20)30-22/h7-13H,4-6,14H2,1-3H3. The molecular formula is C22H24N2O5S. The summed E-state index contributed by atoms with van der Waals surface area (Å²) < 4.78 is 18.8. The van der Waals surface area contributed by atoms with Crippen LogP contribution in [0.1, 0.15) is 31.1 Å². The van der Waals surface area contributed by atoms with E-state index in [0.29, 0.717) is 35.1 Å². The van der Waals surface area contributed by atoms with Gasteiger partial charge < -0.3 is 18.8 Å². The minimum absolute atomic E-state index is 0.0622. The normalized spacial score (nSPS) is 11.5. The average Bonchev–Trinajstić information content (AvgIpc) is 3.07. The van der Waals surface area contributed by atoms with Gasteiger partial charge in [0.15, 0.2) is 4.80 Å². The van der Waals surface area contributed by atoms with Crippen molar-refractivity contribution in [2.24, 2.45) is 4.99 Å². The van der Waals surface area contributed by atoms with Gasteiger partial charge in [0.05, 0.1) is 24.5 Å². The van der Waals surface area contributed by atoms with Gasteiger partial charge in [-0.15, -0.1) is 0 Å². The number of ether oxygens (including phenoxy) is 3. The Balaban J connectivity index is 2.07. The average molecular weight is 429 g/mol. The third-order valence-corrected chi connectivity index (χ3v) is 5.21. The number of fused-ring (bicyclic) bond motifs is 1. The lowest BCUT2D eigenvalue weighted by atomic mass is 10.2. The number of hydrogen-bond acceptors (Lipinski definition) is 6. The van der Waals surface area contributed by atoms with E-state index in [9.17, 15) is 9.59 Å². The van der Waals surface area contributed by atoms with Crippen molar-refractivity contribution in [1.29, 1.82) is 0 Å². The zero-order valence-corrected chi connectivity index (χ0v) is 18.0. The molecule has 3 aromatic rings. The molecule has 1 aromatic heterocycles. The van der Waals surface area contributed by atoms with Crippen LogP contribution in [-0.4, -0.2) is 36.3 Å². The summed E-state index contributed by atoms with van der Waals surface area (Å²) in [5.74, 6) is 0.513. The topological polar surface area (TPSA) is 79.1 Å². The number of thiazole rings is 1. The van der Waals surface area contributed by atoms with Crippen LogP contribution >= 0.6 is 11.3 Å². The molecule has 8 heteroatoms. The van der Waals surface area contributed by atoms with Crippen LogP contribution in [0.15, 0.2) is 47.5 Å². The number of rotatable bonds is 8. The quantitative estimate of drug-likeness (QED) is 0.510. The Bertz CT molecular complexity index is 1100. The monoisotopic (exact) mass is 428 g/mol. The van der Waals surface area contributed by atoms with Crippen LogP contribution in [0, 0.1) is 0 Å². The molecule has 0 atom stereocenters. The lowest BCUT2D eigenvalue weighted by Gasteiger charge is -2.09. The molecule has 0 N–H and O–H groups in total. The Morgan fingerprint density at radius 2 is 1.70 bits per heavy atom. The lowest BCUT2D eigenvalue weighted by molar-refractivity contribution is -0.143. The van der Waals surface area contributed by atoms with Crippen molar-refractivity contribution in [1.82, 2.24) is 4.57 Å². The van der Waals surface area contributed by atoms with Crippen LogP contribution < -0.4 is 14.3 Å². The lowest BCUT2D eigenvalue weighted by Crippen LogP contribution is -2.23. The van der Waals surface area contributed by atoms with Gasteiger partial charge >= 0.3 is 5.97 Å². The Kier molecular flexibility index (Phi) is 7.24. The van der Waals surface area contributed by atoms with Gasteiger partial charge in [0.25, 0.3) is 5.91 Å². The zero-order chi connectivity index (χ0) is 21.5. The highest BCUT2D eigenvalue weighted by Gasteiger charge is 2.16. The maximum atomic E-state index is 12.8.